The molecule has 0 aliphatic carbocycles. The monoisotopic (exact) mass is 251 g/mol. The van der Waals surface area contributed by atoms with E-state index in [1.165, 1.54) is 12.1 Å². The molecule has 1 aromatic rings. The van der Waals surface area contributed by atoms with Crippen molar-refractivity contribution in [1.82, 2.24) is 0 Å². The molecular weight excluding hydrogens is 233 g/mol. The summed E-state index contributed by atoms with van der Waals surface area (Å²) >= 11 is 0. The molecule has 2 rings (SSSR count). The molecule has 1 atom stereocenters. The van der Waals surface area contributed by atoms with E-state index in [1.807, 2.05) is 6.92 Å². The molecule has 3 nitrogen and oxygen atoms in total. The van der Waals surface area contributed by atoms with Crippen molar-refractivity contribution in [3.05, 3.63) is 30.1 Å². The fraction of sp³-hybridized carbons (Fsp3) is 0.500. The van der Waals surface area contributed by atoms with E-state index in [4.69, 9.17) is 5.11 Å². The maximum atomic E-state index is 12.9. The van der Waals surface area contributed by atoms with Gasteiger partial charge in [0, 0.05) is 18.8 Å². The minimum Gasteiger partial charge on any atom is -0.481 e. The van der Waals surface area contributed by atoms with E-state index in [1.54, 1.807) is 12.1 Å². The maximum absolute atomic E-state index is 12.9. The van der Waals surface area contributed by atoms with E-state index in [0.717, 1.165) is 25.1 Å². The Labute approximate surface area is 106 Å². The van der Waals surface area contributed by atoms with E-state index in [-0.39, 0.29) is 17.7 Å². The Morgan fingerprint density at radius 1 is 1.44 bits per heavy atom. The molecule has 1 heterocycles. The third-order valence-corrected chi connectivity index (χ3v) is 3.55. The number of carboxylic acid groups (broad SMARTS) is 1. The second-order valence-corrected chi connectivity index (χ2v) is 5.38. The first-order chi connectivity index (χ1) is 8.48. The minimum absolute atomic E-state index is 0.185. The van der Waals surface area contributed by atoms with Gasteiger partial charge < -0.3 is 10.0 Å². The lowest BCUT2D eigenvalue weighted by Gasteiger charge is -2.41. The van der Waals surface area contributed by atoms with E-state index in [2.05, 4.69) is 4.90 Å². The Kier molecular flexibility index (Phi) is 3.55. The summed E-state index contributed by atoms with van der Waals surface area (Å²) in [4.78, 5) is 13.0. The maximum Gasteiger partial charge on any atom is 0.303 e. The molecule has 4 heteroatoms. The van der Waals surface area contributed by atoms with Crippen LogP contribution in [0.25, 0.3) is 0 Å². The molecule has 0 saturated carbocycles. The first-order valence-corrected chi connectivity index (χ1v) is 6.21. The number of rotatable bonds is 3. The van der Waals surface area contributed by atoms with Gasteiger partial charge in [0.1, 0.15) is 5.82 Å². The molecule has 18 heavy (non-hydrogen) atoms. The van der Waals surface area contributed by atoms with Crippen molar-refractivity contribution >= 4 is 11.7 Å². The predicted molar refractivity (Wildman–Crippen MR) is 68.2 cm³/mol. The van der Waals surface area contributed by atoms with Gasteiger partial charge in [0.05, 0.1) is 6.42 Å². The van der Waals surface area contributed by atoms with Crippen molar-refractivity contribution in [3.8, 4) is 0 Å². The SMILES string of the molecule is CC1(CC(=O)O)CCCN(c2ccc(F)cc2)C1. The van der Waals surface area contributed by atoms with Gasteiger partial charge in [0.25, 0.3) is 0 Å². The molecule has 0 aromatic heterocycles. The highest BCUT2D eigenvalue weighted by molar-refractivity contribution is 5.68. The van der Waals surface area contributed by atoms with Crippen LogP contribution in [0.15, 0.2) is 24.3 Å². The Morgan fingerprint density at radius 3 is 2.72 bits per heavy atom. The first kappa shape index (κ1) is 12.9. The van der Waals surface area contributed by atoms with Gasteiger partial charge in [-0.1, -0.05) is 6.92 Å². The van der Waals surface area contributed by atoms with Crippen LogP contribution in [-0.2, 0) is 4.79 Å². The minimum atomic E-state index is -0.751. The molecule has 0 bridgehead atoms. The van der Waals surface area contributed by atoms with Crippen LogP contribution in [0.5, 0.6) is 0 Å². The molecule has 1 N–H and O–H groups in total. The largest absolute Gasteiger partial charge is 0.481 e. The smallest absolute Gasteiger partial charge is 0.303 e. The Bertz CT molecular complexity index is 432. The van der Waals surface area contributed by atoms with E-state index >= 15 is 0 Å². The van der Waals surface area contributed by atoms with Gasteiger partial charge in [0.2, 0.25) is 0 Å². The van der Waals surface area contributed by atoms with Crippen LogP contribution >= 0.6 is 0 Å². The molecule has 1 aliphatic rings. The average molecular weight is 251 g/mol. The number of carboxylic acids is 1. The number of hydrogen-bond donors (Lipinski definition) is 1. The van der Waals surface area contributed by atoms with Gasteiger partial charge in [-0.3, -0.25) is 4.79 Å². The number of hydrogen-bond acceptors (Lipinski definition) is 2. The van der Waals surface area contributed by atoms with Crippen molar-refractivity contribution in [2.45, 2.75) is 26.2 Å². The van der Waals surface area contributed by atoms with Crippen LogP contribution in [0, 0.1) is 11.2 Å². The molecule has 98 valence electrons. The number of piperidine rings is 1. The summed E-state index contributed by atoms with van der Waals surface area (Å²) in [7, 11) is 0. The van der Waals surface area contributed by atoms with Crippen LogP contribution in [0.4, 0.5) is 10.1 Å². The highest BCUT2D eigenvalue weighted by Gasteiger charge is 2.33. The van der Waals surface area contributed by atoms with E-state index in [0.29, 0.717) is 6.54 Å². The zero-order chi connectivity index (χ0) is 13.2. The zero-order valence-electron chi connectivity index (χ0n) is 10.5. The lowest BCUT2D eigenvalue weighted by molar-refractivity contribution is -0.139. The average Bonchev–Trinajstić information content (AvgIpc) is 2.28. The van der Waals surface area contributed by atoms with Crippen LogP contribution in [0.1, 0.15) is 26.2 Å². The normalized spacial score (nSPS) is 24.0. The lowest BCUT2D eigenvalue weighted by atomic mass is 9.79. The standard InChI is InChI=1S/C14H18FNO2/c1-14(9-13(17)18)7-2-8-16(10-14)12-5-3-11(15)4-6-12/h3-6H,2,7-10H2,1H3,(H,17,18). The van der Waals surface area contributed by atoms with Gasteiger partial charge in [-0.2, -0.15) is 0 Å². The Balaban J connectivity index is 2.11. The number of benzene rings is 1. The van der Waals surface area contributed by atoms with Crippen LogP contribution in [-0.4, -0.2) is 24.2 Å². The van der Waals surface area contributed by atoms with Gasteiger partial charge in [-0.05, 0) is 42.5 Å². The fourth-order valence-electron chi connectivity index (χ4n) is 2.70. The third kappa shape index (κ3) is 3.00. The van der Waals surface area contributed by atoms with Gasteiger partial charge in [-0.25, -0.2) is 4.39 Å². The Morgan fingerprint density at radius 2 is 2.11 bits per heavy atom. The fourth-order valence-corrected chi connectivity index (χ4v) is 2.70. The molecule has 0 amide bonds. The highest BCUT2D eigenvalue weighted by atomic mass is 19.1. The zero-order valence-corrected chi connectivity index (χ0v) is 10.5. The molecule has 1 fully saturated rings. The number of carbonyl (C=O) groups is 1. The van der Waals surface area contributed by atoms with Crippen molar-refractivity contribution in [3.63, 3.8) is 0 Å². The first-order valence-electron chi connectivity index (χ1n) is 6.21. The van der Waals surface area contributed by atoms with Crippen molar-refractivity contribution in [1.29, 1.82) is 0 Å². The summed E-state index contributed by atoms with van der Waals surface area (Å²) in [6, 6.07) is 6.39. The van der Waals surface area contributed by atoms with Crippen LogP contribution in [0.2, 0.25) is 0 Å². The summed E-state index contributed by atoms with van der Waals surface area (Å²) < 4.78 is 12.9. The third-order valence-electron chi connectivity index (χ3n) is 3.55. The lowest BCUT2D eigenvalue weighted by Crippen LogP contribution is -2.42. The van der Waals surface area contributed by atoms with E-state index < -0.39 is 5.97 Å². The molecule has 1 aliphatic heterocycles. The van der Waals surface area contributed by atoms with Gasteiger partial charge >= 0.3 is 5.97 Å². The summed E-state index contributed by atoms with van der Waals surface area (Å²) in [6.07, 6.45) is 2.09. The second kappa shape index (κ2) is 4.96. The summed E-state index contributed by atoms with van der Waals surface area (Å²) in [5.41, 5.74) is 0.770. The number of nitrogens with zero attached hydrogens (tertiary/aromatic N) is 1. The highest BCUT2D eigenvalue weighted by Crippen LogP contribution is 2.35. The summed E-state index contributed by atoms with van der Waals surface area (Å²) in [5.74, 6) is -0.998. The predicted octanol–water partition coefficient (Wildman–Crippen LogP) is 2.91. The summed E-state index contributed by atoms with van der Waals surface area (Å²) in [6.45, 7) is 3.63. The van der Waals surface area contributed by atoms with Gasteiger partial charge in [-0.15, -0.1) is 0 Å². The molecule has 0 spiro atoms. The van der Waals surface area contributed by atoms with E-state index in [9.17, 15) is 9.18 Å². The second-order valence-electron chi connectivity index (χ2n) is 5.38. The van der Waals surface area contributed by atoms with Crippen LogP contribution in [0.3, 0.4) is 0 Å². The topological polar surface area (TPSA) is 40.5 Å². The number of anilines is 1. The van der Waals surface area contributed by atoms with Gasteiger partial charge in [0.15, 0.2) is 0 Å². The number of halogens is 1. The quantitative estimate of drug-likeness (QED) is 0.898. The molecule has 1 unspecified atom stereocenters. The van der Waals surface area contributed by atoms with Crippen molar-refractivity contribution in [2.75, 3.05) is 18.0 Å². The van der Waals surface area contributed by atoms with Crippen molar-refractivity contribution in [2.24, 2.45) is 5.41 Å². The van der Waals surface area contributed by atoms with Crippen molar-refractivity contribution < 1.29 is 14.3 Å². The van der Waals surface area contributed by atoms with Crippen LogP contribution < -0.4 is 4.90 Å². The molecule has 1 saturated heterocycles. The molecular formula is C14H18FNO2. The summed E-state index contributed by atoms with van der Waals surface area (Å²) in [5, 5.41) is 8.96. The Hall–Kier alpha value is -1.58. The molecule has 0 radical (unpaired) electrons. The number of aliphatic carboxylic acids is 1. The molecule has 1 aromatic carbocycles.